The molecule has 0 saturated carbocycles. The molecule has 0 radical (unpaired) electrons. The molecule has 0 saturated heterocycles. The molecule has 92 valence electrons. The van der Waals surface area contributed by atoms with E-state index in [0.717, 1.165) is 11.1 Å². The quantitative estimate of drug-likeness (QED) is 0.733. The third-order valence-corrected chi connectivity index (χ3v) is 2.79. The van der Waals surface area contributed by atoms with Gasteiger partial charge in [-0.15, -0.1) is 0 Å². The highest BCUT2D eigenvalue weighted by atomic mass is 16.5. The van der Waals surface area contributed by atoms with Crippen molar-refractivity contribution in [3.05, 3.63) is 30.6 Å². The van der Waals surface area contributed by atoms with Crippen LogP contribution in [-0.2, 0) is 0 Å². The van der Waals surface area contributed by atoms with E-state index in [2.05, 4.69) is 20.2 Å². The Morgan fingerprint density at radius 1 is 1.44 bits per heavy atom. The second-order valence-electron chi connectivity index (χ2n) is 4.06. The number of nitrogens with zero attached hydrogens (tertiary/aromatic N) is 5. The maximum Gasteiger partial charge on any atom is 0.261 e. The summed E-state index contributed by atoms with van der Waals surface area (Å²) in [6, 6.07) is 0. The fourth-order valence-corrected chi connectivity index (χ4v) is 1.65. The van der Waals surface area contributed by atoms with E-state index < -0.39 is 0 Å². The Balaban J connectivity index is 2.07. The monoisotopic (exact) mass is 244 g/mol. The molecule has 0 aromatic carbocycles. The highest BCUT2D eigenvalue weighted by Crippen LogP contribution is 2.23. The fourth-order valence-electron chi connectivity index (χ4n) is 1.65. The van der Waals surface area contributed by atoms with Crippen LogP contribution >= 0.6 is 0 Å². The minimum atomic E-state index is 0.0717. The predicted octanol–water partition coefficient (Wildman–Crippen LogP) is 0.842. The van der Waals surface area contributed by atoms with Gasteiger partial charge in [0.15, 0.2) is 5.82 Å². The van der Waals surface area contributed by atoms with Crippen molar-refractivity contribution in [1.82, 2.24) is 24.7 Å². The number of aromatic nitrogens is 5. The van der Waals surface area contributed by atoms with Crippen molar-refractivity contribution < 1.29 is 4.52 Å². The van der Waals surface area contributed by atoms with E-state index in [1.165, 1.54) is 0 Å². The minimum Gasteiger partial charge on any atom is -0.334 e. The maximum absolute atomic E-state index is 5.57. The molecule has 3 rings (SSSR count). The van der Waals surface area contributed by atoms with E-state index in [1.54, 1.807) is 29.3 Å². The number of fused-ring (bicyclic) bond motifs is 1. The zero-order valence-corrected chi connectivity index (χ0v) is 9.82. The van der Waals surface area contributed by atoms with Crippen molar-refractivity contribution >= 4 is 5.52 Å². The van der Waals surface area contributed by atoms with E-state index in [0.29, 0.717) is 18.3 Å². The average molecular weight is 244 g/mol. The molecule has 1 atom stereocenters. The van der Waals surface area contributed by atoms with Crippen LogP contribution in [0.4, 0.5) is 0 Å². The summed E-state index contributed by atoms with van der Waals surface area (Å²) in [5.41, 5.74) is 7.17. The lowest BCUT2D eigenvalue weighted by molar-refractivity contribution is 0.418. The molecular formula is C11H12N6O. The van der Waals surface area contributed by atoms with Crippen LogP contribution in [0.3, 0.4) is 0 Å². The van der Waals surface area contributed by atoms with E-state index in [4.69, 9.17) is 10.3 Å². The Morgan fingerprint density at radius 3 is 3.17 bits per heavy atom. The number of hydrogen-bond acceptors (Lipinski definition) is 6. The SMILES string of the molecule is CC(CN)c1noc(-c2cnn3ccncc23)n1. The van der Waals surface area contributed by atoms with Crippen molar-refractivity contribution in [1.29, 1.82) is 0 Å². The van der Waals surface area contributed by atoms with Crippen LogP contribution in [0.1, 0.15) is 18.7 Å². The van der Waals surface area contributed by atoms with E-state index in [-0.39, 0.29) is 5.92 Å². The molecule has 0 aliphatic carbocycles. The van der Waals surface area contributed by atoms with Gasteiger partial charge in [-0.05, 0) is 0 Å². The lowest BCUT2D eigenvalue weighted by atomic mass is 10.2. The molecule has 3 heterocycles. The van der Waals surface area contributed by atoms with Crippen LogP contribution in [0.15, 0.2) is 29.3 Å². The Hall–Kier alpha value is -2.28. The van der Waals surface area contributed by atoms with Crippen LogP contribution in [0.25, 0.3) is 17.0 Å². The molecule has 18 heavy (non-hydrogen) atoms. The second kappa shape index (κ2) is 4.19. The van der Waals surface area contributed by atoms with Crippen LogP contribution in [0, 0.1) is 0 Å². The molecule has 2 N–H and O–H groups in total. The largest absolute Gasteiger partial charge is 0.334 e. The van der Waals surface area contributed by atoms with E-state index in [1.807, 2.05) is 6.92 Å². The molecule has 3 aromatic rings. The molecule has 0 aliphatic heterocycles. The molecule has 7 nitrogen and oxygen atoms in total. The first-order valence-corrected chi connectivity index (χ1v) is 5.61. The topological polar surface area (TPSA) is 95.1 Å². The molecule has 7 heteroatoms. The first-order valence-electron chi connectivity index (χ1n) is 5.61. The molecule has 0 spiro atoms. The van der Waals surface area contributed by atoms with Gasteiger partial charge < -0.3 is 10.3 Å². The summed E-state index contributed by atoms with van der Waals surface area (Å²) in [5.74, 6) is 1.12. The van der Waals surface area contributed by atoms with Crippen molar-refractivity contribution in [2.24, 2.45) is 5.73 Å². The summed E-state index contributed by atoms with van der Waals surface area (Å²) in [4.78, 5) is 8.39. The summed E-state index contributed by atoms with van der Waals surface area (Å²) in [6.45, 7) is 2.43. The molecule has 0 aliphatic rings. The lowest BCUT2D eigenvalue weighted by Gasteiger charge is -1.98. The van der Waals surface area contributed by atoms with Gasteiger partial charge in [-0.25, -0.2) is 4.52 Å². The third-order valence-electron chi connectivity index (χ3n) is 2.79. The highest BCUT2D eigenvalue weighted by Gasteiger charge is 2.16. The van der Waals surface area contributed by atoms with Gasteiger partial charge in [-0.1, -0.05) is 12.1 Å². The summed E-state index contributed by atoms with van der Waals surface area (Å²) >= 11 is 0. The number of nitrogens with two attached hydrogens (primary N) is 1. The van der Waals surface area contributed by atoms with Crippen molar-refractivity contribution in [2.75, 3.05) is 6.54 Å². The molecular weight excluding hydrogens is 232 g/mol. The summed E-state index contributed by atoms with van der Waals surface area (Å²) in [7, 11) is 0. The van der Waals surface area contributed by atoms with Gasteiger partial charge in [-0.2, -0.15) is 10.1 Å². The lowest BCUT2D eigenvalue weighted by Crippen LogP contribution is -2.10. The van der Waals surface area contributed by atoms with Gasteiger partial charge in [0.05, 0.1) is 23.5 Å². The van der Waals surface area contributed by atoms with E-state index >= 15 is 0 Å². The predicted molar refractivity (Wildman–Crippen MR) is 63.7 cm³/mol. The first kappa shape index (κ1) is 10.8. The summed E-state index contributed by atoms with van der Waals surface area (Å²) in [5, 5.41) is 8.12. The van der Waals surface area contributed by atoms with Gasteiger partial charge in [0.25, 0.3) is 5.89 Å². The molecule has 1 unspecified atom stereocenters. The normalized spacial score (nSPS) is 13.0. The fraction of sp³-hybridized carbons (Fsp3) is 0.273. The van der Waals surface area contributed by atoms with Gasteiger partial charge >= 0.3 is 0 Å². The van der Waals surface area contributed by atoms with E-state index in [9.17, 15) is 0 Å². The Bertz CT molecular complexity index is 673. The zero-order valence-electron chi connectivity index (χ0n) is 9.82. The van der Waals surface area contributed by atoms with Gasteiger partial charge in [0.1, 0.15) is 0 Å². The Labute approximate surface area is 103 Å². The van der Waals surface area contributed by atoms with Crippen LogP contribution in [0.5, 0.6) is 0 Å². The average Bonchev–Trinajstić information content (AvgIpc) is 3.03. The standard InChI is InChI=1S/C11H12N6O/c1-7(4-12)10-15-11(18-16-10)8-5-14-17-3-2-13-6-9(8)17/h2-3,5-7H,4,12H2,1H3. The third kappa shape index (κ3) is 1.65. The van der Waals surface area contributed by atoms with Gasteiger partial charge in [0, 0.05) is 24.9 Å². The van der Waals surface area contributed by atoms with Crippen molar-refractivity contribution in [3.8, 4) is 11.5 Å². The summed E-state index contributed by atoms with van der Waals surface area (Å²) < 4.78 is 6.95. The van der Waals surface area contributed by atoms with Gasteiger partial charge in [-0.3, -0.25) is 4.98 Å². The van der Waals surface area contributed by atoms with Crippen LogP contribution < -0.4 is 5.73 Å². The van der Waals surface area contributed by atoms with Crippen molar-refractivity contribution in [3.63, 3.8) is 0 Å². The molecule has 0 bridgehead atoms. The van der Waals surface area contributed by atoms with Crippen molar-refractivity contribution in [2.45, 2.75) is 12.8 Å². The molecule has 0 amide bonds. The van der Waals surface area contributed by atoms with Gasteiger partial charge in [0.2, 0.25) is 0 Å². The number of rotatable bonds is 3. The summed E-state index contributed by atoms with van der Waals surface area (Å²) in [6.07, 6.45) is 6.82. The number of hydrogen-bond donors (Lipinski definition) is 1. The smallest absolute Gasteiger partial charge is 0.261 e. The van der Waals surface area contributed by atoms with Crippen LogP contribution in [0.2, 0.25) is 0 Å². The van der Waals surface area contributed by atoms with Crippen LogP contribution in [-0.4, -0.2) is 31.3 Å². The second-order valence-corrected chi connectivity index (χ2v) is 4.06. The molecule has 0 fully saturated rings. The minimum absolute atomic E-state index is 0.0717. The zero-order chi connectivity index (χ0) is 12.5. The molecule has 3 aromatic heterocycles. The first-order chi connectivity index (χ1) is 8.79. The highest BCUT2D eigenvalue weighted by molar-refractivity contribution is 5.73. The Kier molecular flexibility index (Phi) is 2.52. The maximum atomic E-state index is 5.57. The Morgan fingerprint density at radius 2 is 2.33 bits per heavy atom.